The Morgan fingerprint density at radius 2 is 1.94 bits per heavy atom. The molecule has 1 N–H and O–H groups in total. The number of ether oxygens (including phenoxy) is 1. The Bertz CT molecular complexity index is 1020. The molecule has 170 valence electrons. The normalized spacial score (nSPS) is 15.6. The van der Waals surface area contributed by atoms with Crippen LogP contribution in [0.2, 0.25) is 0 Å². The zero-order valence-corrected chi connectivity index (χ0v) is 19.3. The fourth-order valence-electron chi connectivity index (χ4n) is 3.83. The highest BCUT2D eigenvalue weighted by molar-refractivity contribution is 6.05. The summed E-state index contributed by atoms with van der Waals surface area (Å²) < 4.78 is 5.83. The molecule has 0 bridgehead atoms. The fourth-order valence-corrected chi connectivity index (χ4v) is 3.83. The molecule has 0 aliphatic carbocycles. The van der Waals surface area contributed by atoms with Crippen LogP contribution in [0.5, 0.6) is 5.75 Å². The molecule has 7 heteroatoms. The zero-order chi connectivity index (χ0) is 23.4. The minimum absolute atomic E-state index is 0.111. The summed E-state index contributed by atoms with van der Waals surface area (Å²) in [5.41, 5.74) is 3.31. The molecule has 3 rings (SSSR count). The Balaban J connectivity index is 1.69. The smallest absolute Gasteiger partial charge is 0.260 e. The van der Waals surface area contributed by atoms with Crippen LogP contribution in [0.4, 0.5) is 11.4 Å². The molecule has 1 aliphatic rings. The van der Waals surface area contributed by atoms with Gasteiger partial charge in [0, 0.05) is 19.5 Å². The number of para-hydroxylation sites is 2. The van der Waals surface area contributed by atoms with Gasteiger partial charge in [-0.3, -0.25) is 14.4 Å². The molecular formula is C25H31N3O4. The summed E-state index contributed by atoms with van der Waals surface area (Å²) in [6, 6.07) is 12.8. The van der Waals surface area contributed by atoms with Gasteiger partial charge in [0.15, 0.2) is 6.61 Å². The summed E-state index contributed by atoms with van der Waals surface area (Å²) in [6.07, 6.45) is 0.187. The number of carbonyl (C=O) groups excluding carboxylic acids is 3. The van der Waals surface area contributed by atoms with Crippen molar-refractivity contribution in [3.05, 3.63) is 53.6 Å². The van der Waals surface area contributed by atoms with E-state index in [0.29, 0.717) is 17.1 Å². The molecule has 1 heterocycles. The maximum Gasteiger partial charge on any atom is 0.260 e. The van der Waals surface area contributed by atoms with Crippen LogP contribution >= 0.6 is 0 Å². The third-order valence-corrected chi connectivity index (χ3v) is 5.57. The van der Waals surface area contributed by atoms with Crippen LogP contribution in [-0.2, 0) is 14.4 Å². The average molecular weight is 438 g/mol. The SMILES string of the molecule is Cc1ccc(C(C)C)c(OCC(=O)N(C)CC(=O)N2c3ccccc3NC(=O)CC2C)c1. The molecule has 7 nitrogen and oxygen atoms in total. The van der Waals surface area contributed by atoms with Gasteiger partial charge in [0.1, 0.15) is 5.75 Å². The number of likely N-dealkylation sites (N-methyl/N-ethyl adjacent to an activating group) is 1. The minimum Gasteiger partial charge on any atom is -0.483 e. The van der Waals surface area contributed by atoms with Gasteiger partial charge in [-0.15, -0.1) is 0 Å². The van der Waals surface area contributed by atoms with E-state index in [9.17, 15) is 14.4 Å². The van der Waals surface area contributed by atoms with Gasteiger partial charge in [-0.05, 0) is 49.1 Å². The van der Waals surface area contributed by atoms with E-state index in [-0.39, 0.29) is 49.3 Å². The molecular weight excluding hydrogens is 406 g/mol. The van der Waals surface area contributed by atoms with E-state index >= 15 is 0 Å². The van der Waals surface area contributed by atoms with Crippen LogP contribution in [0, 0.1) is 6.92 Å². The van der Waals surface area contributed by atoms with Gasteiger partial charge in [0.05, 0.1) is 17.9 Å². The Labute approximate surface area is 189 Å². The lowest BCUT2D eigenvalue weighted by atomic mass is 10.0. The number of nitrogens with zero attached hydrogens (tertiary/aromatic N) is 2. The van der Waals surface area contributed by atoms with E-state index in [1.54, 1.807) is 24.1 Å². The summed E-state index contributed by atoms with van der Waals surface area (Å²) in [6.45, 7) is 7.69. The van der Waals surface area contributed by atoms with Crippen molar-refractivity contribution < 1.29 is 19.1 Å². The van der Waals surface area contributed by atoms with Gasteiger partial charge < -0.3 is 19.9 Å². The molecule has 32 heavy (non-hydrogen) atoms. The molecule has 1 atom stereocenters. The van der Waals surface area contributed by atoms with Crippen molar-refractivity contribution in [2.45, 2.75) is 46.1 Å². The number of amides is 3. The minimum atomic E-state index is -0.327. The number of aryl methyl sites for hydroxylation is 1. The highest BCUT2D eigenvalue weighted by atomic mass is 16.5. The second-order valence-corrected chi connectivity index (χ2v) is 8.62. The molecule has 0 aromatic heterocycles. The van der Waals surface area contributed by atoms with E-state index in [1.165, 1.54) is 4.90 Å². The molecule has 1 unspecified atom stereocenters. The van der Waals surface area contributed by atoms with Gasteiger partial charge in [0.2, 0.25) is 11.8 Å². The molecule has 2 aromatic carbocycles. The molecule has 3 amide bonds. The third-order valence-electron chi connectivity index (χ3n) is 5.57. The maximum absolute atomic E-state index is 13.2. The van der Waals surface area contributed by atoms with Crippen molar-refractivity contribution >= 4 is 29.1 Å². The molecule has 2 aromatic rings. The number of carbonyl (C=O) groups is 3. The van der Waals surface area contributed by atoms with Gasteiger partial charge in [-0.1, -0.05) is 38.1 Å². The number of hydrogen-bond acceptors (Lipinski definition) is 4. The van der Waals surface area contributed by atoms with Crippen LogP contribution in [0.25, 0.3) is 0 Å². The molecule has 1 aliphatic heterocycles. The number of benzene rings is 2. The van der Waals surface area contributed by atoms with Crippen LogP contribution in [0.1, 0.15) is 44.2 Å². The Morgan fingerprint density at radius 3 is 2.66 bits per heavy atom. The topological polar surface area (TPSA) is 79.0 Å². The van der Waals surface area contributed by atoms with Crippen LogP contribution in [-0.4, -0.2) is 48.9 Å². The summed E-state index contributed by atoms with van der Waals surface area (Å²) in [5.74, 6) is 0.265. The first-order valence-electron chi connectivity index (χ1n) is 10.9. The van der Waals surface area contributed by atoms with Gasteiger partial charge >= 0.3 is 0 Å². The molecule has 0 spiro atoms. The Morgan fingerprint density at radius 1 is 1.22 bits per heavy atom. The van der Waals surface area contributed by atoms with Crippen molar-refractivity contribution in [3.63, 3.8) is 0 Å². The van der Waals surface area contributed by atoms with Crippen molar-refractivity contribution in [3.8, 4) is 5.75 Å². The molecule has 0 radical (unpaired) electrons. The molecule has 0 saturated carbocycles. The number of fused-ring (bicyclic) bond motifs is 1. The van der Waals surface area contributed by atoms with Gasteiger partial charge in [-0.25, -0.2) is 0 Å². The summed E-state index contributed by atoms with van der Waals surface area (Å²) >= 11 is 0. The van der Waals surface area contributed by atoms with E-state index < -0.39 is 0 Å². The van der Waals surface area contributed by atoms with E-state index in [4.69, 9.17) is 4.74 Å². The average Bonchev–Trinajstić information content (AvgIpc) is 2.85. The first kappa shape index (κ1) is 23.3. The highest BCUT2D eigenvalue weighted by Crippen LogP contribution is 2.31. The standard InChI is InChI=1S/C25H31N3O4/c1-16(2)19-11-10-17(3)12-22(19)32-15-25(31)27(5)14-24(30)28-18(4)13-23(29)26-20-8-6-7-9-21(20)28/h6-12,16,18H,13-15H2,1-5H3,(H,26,29). The lowest BCUT2D eigenvalue weighted by Gasteiger charge is -2.29. The number of nitrogens with one attached hydrogen (secondary N) is 1. The summed E-state index contributed by atoms with van der Waals surface area (Å²) in [7, 11) is 1.58. The zero-order valence-electron chi connectivity index (χ0n) is 19.3. The second-order valence-electron chi connectivity index (χ2n) is 8.62. The van der Waals surface area contributed by atoms with Crippen molar-refractivity contribution in [1.29, 1.82) is 0 Å². The second kappa shape index (κ2) is 9.85. The largest absolute Gasteiger partial charge is 0.483 e. The predicted molar refractivity (Wildman–Crippen MR) is 125 cm³/mol. The molecule has 0 saturated heterocycles. The summed E-state index contributed by atoms with van der Waals surface area (Å²) in [4.78, 5) is 41.0. The first-order valence-corrected chi connectivity index (χ1v) is 10.9. The van der Waals surface area contributed by atoms with Gasteiger partial charge in [0.25, 0.3) is 5.91 Å². The van der Waals surface area contributed by atoms with E-state index in [2.05, 4.69) is 19.2 Å². The monoisotopic (exact) mass is 437 g/mol. The number of rotatable bonds is 6. The summed E-state index contributed by atoms with van der Waals surface area (Å²) in [5, 5.41) is 2.84. The third kappa shape index (κ3) is 5.28. The first-order chi connectivity index (χ1) is 15.2. The van der Waals surface area contributed by atoms with Crippen LogP contribution in [0.15, 0.2) is 42.5 Å². The number of anilines is 2. The van der Waals surface area contributed by atoms with Crippen molar-refractivity contribution in [2.24, 2.45) is 0 Å². The van der Waals surface area contributed by atoms with Crippen molar-refractivity contribution in [1.82, 2.24) is 4.90 Å². The van der Waals surface area contributed by atoms with Crippen LogP contribution < -0.4 is 15.0 Å². The predicted octanol–water partition coefficient (Wildman–Crippen LogP) is 3.72. The van der Waals surface area contributed by atoms with Crippen molar-refractivity contribution in [2.75, 3.05) is 30.4 Å². The Hall–Kier alpha value is -3.35. The van der Waals surface area contributed by atoms with Gasteiger partial charge in [-0.2, -0.15) is 0 Å². The maximum atomic E-state index is 13.2. The quantitative estimate of drug-likeness (QED) is 0.747. The lowest BCUT2D eigenvalue weighted by Crippen LogP contribution is -2.46. The lowest BCUT2D eigenvalue weighted by molar-refractivity contribution is -0.135. The Kier molecular flexibility index (Phi) is 7.18. The van der Waals surface area contributed by atoms with E-state index in [1.807, 2.05) is 44.2 Å². The number of hydrogen-bond donors (Lipinski definition) is 1. The van der Waals surface area contributed by atoms with Crippen LogP contribution in [0.3, 0.4) is 0 Å². The van der Waals surface area contributed by atoms with E-state index in [0.717, 1.165) is 11.1 Å². The molecule has 0 fully saturated rings. The highest BCUT2D eigenvalue weighted by Gasteiger charge is 2.30. The fraction of sp³-hybridized carbons (Fsp3) is 0.400.